The first-order valence-electron chi connectivity index (χ1n) is 11.5. The molecule has 4 aromatic rings. The van der Waals surface area contributed by atoms with Gasteiger partial charge in [0.05, 0.1) is 25.0 Å². The van der Waals surface area contributed by atoms with E-state index in [0.29, 0.717) is 33.8 Å². The number of ether oxygens (including phenoxy) is 2. The SMILES string of the molecule is COc1cc(C=NNC(=O)C(O)(c2ccccc2)c2ccccc2)ccc1OCc1ccccc1C#N. The second-order valence-corrected chi connectivity index (χ2v) is 8.11. The number of hydrogen-bond donors (Lipinski definition) is 2. The molecule has 0 unspecified atom stereocenters. The highest BCUT2D eigenvalue weighted by Crippen LogP contribution is 2.30. The smallest absolute Gasteiger partial charge is 0.281 e. The third kappa shape index (κ3) is 5.67. The van der Waals surface area contributed by atoms with E-state index in [-0.39, 0.29) is 6.61 Å². The number of benzene rings is 4. The van der Waals surface area contributed by atoms with Crippen LogP contribution in [0.4, 0.5) is 0 Å². The van der Waals surface area contributed by atoms with Crippen LogP contribution in [0.3, 0.4) is 0 Å². The molecule has 0 heterocycles. The van der Waals surface area contributed by atoms with Crippen LogP contribution in [0.5, 0.6) is 11.5 Å². The Balaban J connectivity index is 1.49. The number of methoxy groups -OCH3 is 1. The van der Waals surface area contributed by atoms with E-state index in [2.05, 4.69) is 16.6 Å². The number of hydrazone groups is 1. The zero-order valence-corrected chi connectivity index (χ0v) is 20.2. The van der Waals surface area contributed by atoms with Gasteiger partial charge < -0.3 is 14.6 Å². The van der Waals surface area contributed by atoms with Crippen LogP contribution in [0.25, 0.3) is 0 Å². The van der Waals surface area contributed by atoms with Crippen molar-refractivity contribution >= 4 is 12.1 Å². The first kappa shape index (κ1) is 25.2. The molecule has 184 valence electrons. The molecule has 0 saturated carbocycles. The standard InChI is InChI=1S/C30H25N3O4/c1-36-28-18-22(16-17-27(28)37-21-24-11-9-8-10-23(24)19-31)20-32-33-29(34)30(35,25-12-4-2-5-13-25)26-14-6-3-7-15-26/h2-18,20,35H,21H2,1H3,(H,33,34). The molecule has 2 N–H and O–H groups in total. The number of nitrogens with zero attached hydrogens (tertiary/aromatic N) is 2. The Hall–Kier alpha value is -4.93. The summed E-state index contributed by atoms with van der Waals surface area (Å²) in [6.45, 7) is 0.209. The Bertz CT molecular complexity index is 1390. The van der Waals surface area contributed by atoms with Crippen LogP contribution in [-0.2, 0) is 17.0 Å². The van der Waals surface area contributed by atoms with Gasteiger partial charge in [-0.2, -0.15) is 10.4 Å². The van der Waals surface area contributed by atoms with Crippen LogP contribution < -0.4 is 14.9 Å². The maximum Gasteiger partial charge on any atom is 0.281 e. The lowest BCUT2D eigenvalue weighted by molar-refractivity contribution is -0.136. The fraction of sp³-hybridized carbons (Fsp3) is 0.100. The van der Waals surface area contributed by atoms with Gasteiger partial charge in [-0.25, -0.2) is 5.43 Å². The molecule has 0 fully saturated rings. The Labute approximate surface area is 215 Å². The number of carbonyl (C=O) groups excluding carboxylic acids is 1. The zero-order chi connectivity index (χ0) is 26.1. The molecule has 1 amide bonds. The molecule has 0 aliphatic heterocycles. The summed E-state index contributed by atoms with van der Waals surface area (Å²) in [5.41, 5.74) is 3.35. The molecule has 0 aromatic heterocycles. The van der Waals surface area contributed by atoms with Gasteiger partial charge in [-0.15, -0.1) is 0 Å². The maximum atomic E-state index is 13.2. The molecule has 0 spiro atoms. The minimum atomic E-state index is -1.92. The number of amides is 1. The lowest BCUT2D eigenvalue weighted by Crippen LogP contribution is -2.43. The molecule has 0 saturated heterocycles. The molecule has 4 rings (SSSR count). The summed E-state index contributed by atoms with van der Waals surface area (Å²) in [7, 11) is 1.52. The van der Waals surface area contributed by atoms with Crippen molar-refractivity contribution in [2.75, 3.05) is 7.11 Å². The Morgan fingerprint density at radius 3 is 2.19 bits per heavy atom. The van der Waals surface area contributed by atoms with E-state index < -0.39 is 11.5 Å². The topological polar surface area (TPSA) is 104 Å². The molecular weight excluding hydrogens is 466 g/mol. The third-order valence-corrected chi connectivity index (χ3v) is 5.80. The van der Waals surface area contributed by atoms with Gasteiger partial charge in [0.25, 0.3) is 5.91 Å². The predicted octanol–water partition coefficient (Wildman–Crippen LogP) is 4.53. The number of hydrogen-bond acceptors (Lipinski definition) is 6. The van der Waals surface area contributed by atoms with Crippen molar-refractivity contribution in [1.29, 1.82) is 5.26 Å². The molecule has 0 aliphatic rings. The van der Waals surface area contributed by atoms with Gasteiger partial charge in [0.15, 0.2) is 17.1 Å². The number of rotatable bonds is 9. The molecule has 0 radical (unpaired) electrons. The summed E-state index contributed by atoms with van der Waals surface area (Å²) in [6.07, 6.45) is 1.45. The van der Waals surface area contributed by atoms with Gasteiger partial charge in [0.2, 0.25) is 0 Å². The van der Waals surface area contributed by atoms with Crippen molar-refractivity contribution < 1.29 is 19.4 Å². The minimum absolute atomic E-state index is 0.209. The summed E-state index contributed by atoms with van der Waals surface area (Å²) in [6, 6.07) is 32.0. The third-order valence-electron chi connectivity index (χ3n) is 5.80. The average Bonchev–Trinajstić information content (AvgIpc) is 2.96. The van der Waals surface area contributed by atoms with Crippen molar-refractivity contribution in [3.05, 3.63) is 131 Å². The fourth-order valence-electron chi connectivity index (χ4n) is 3.83. The zero-order valence-electron chi connectivity index (χ0n) is 20.2. The number of aliphatic hydroxyl groups is 1. The highest BCUT2D eigenvalue weighted by Gasteiger charge is 2.39. The largest absolute Gasteiger partial charge is 0.493 e. The van der Waals surface area contributed by atoms with Crippen LogP contribution in [0.15, 0.2) is 108 Å². The Morgan fingerprint density at radius 2 is 1.57 bits per heavy atom. The van der Waals surface area contributed by atoms with E-state index >= 15 is 0 Å². The fourth-order valence-corrected chi connectivity index (χ4v) is 3.83. The molecule has 0 bridgehead atoms. The lowest BCUT2D eigenvalue weighted by atomic mass is 9.85. The minimum Gasteiger partial charge on any atom is -0.493 e. The van der Waals surface area contributed by atoms with Crippen molar-refractivity contribution in [1.82, 2.24) is 5.43 Å². The highest BCUT2D eigenvalue weighted by atomic mass is 16.5. The van der Waals surface area contributed by atoms with Crippen molar-refractivity contribution in [3.63, 3.8) is 0 Å². The van der Waals surface area contributed by atoms with E-state index in [4.69, 9.17) is 9.47 Å². The maximum absolute atomic E-state index is 13.2. The molecule has 4 aromatic carbocycles. The average molecular weight is 492 g/mol. The first-order chi connectivity index (χ1) is 18.1. The molecule has 7 heteroatoms. The predicted molar refractivity (Wildman–Crippen MR) is 140 cm³/mol. The van der Waals surface area contributed by atoms with Gasteiger partial charge in [0, 0.05) is 5.56 Å². The summed E-state index contributed by atoms with van der Waals surface area (Å²) in [5, 5.41) is 24.8. The lowest BCUT2D eigenvalue weighted by Gasteiger charge is -2.27. The van der Waals surface area contributed by atoms with E-state index in [1.165, 1.54) is 13.3 Å². The number of nitrogens with one attached hydrogen (secondary N) is 1. The summed E-state index contributed by atoms with van der Waals surface area (Å²) >= 11 is 0. The van der Waals surface area contributed by atoms with Gasteiger partial charge in [-0.3, -0.25) is 4.79 Å². The summed E-state index contributed by atoms with van der Waals surface area (Å²) in [5.74, 6) is 0.276. The molecule has 7 nitrogen and oxygen atoms in total. The monoisotopic (exact) mass is 491 g/mol. The van der Waals surface area contributed by atoms with Crippen molar-refractivity contribution in [2.45, 2.75) is 12.2 Å². The van der Waals surface area contributed by atoms with E-state index in [9.17, 15) is 15.2 Å². The van der Waals surface area contributed by atoms with E-state index in [0.717, 1.165) is 5.56 Å². The normalized spacial score (nSPS) is 11.1. The Morgan fingerprint density at radius 1 is 0.946 bits per heavy atom. The van der Waals surface area contributed by atoms with Gasteiger partial charge in [0.1, 0.15) is 6.61 Å². The van der Waals surface area contributed by atoms with E-state index in [1.54, 1.807) is 78.9 Å². The quantitative estimate of drug-likeness (QED) is 0.264. The van der Waals surface area contributed by atoms with Crippen LogP contribution in [0.1, 0.15) is 27.8 Å². The number of nitriles is 1. The van der Waals surface area contributed by atoms with Crippen molar-refractivity contribution in [2.24, 2.45) is 5.10 Å². The van der Waals surface area contributed by atoms with Crippen LogP contribution in [0.2, 0.25) is 0 Å². The molecule has 0 aliphatic carbocycles. The molecular formula is C30H25N3O4. The Kier molecular flexibility index (Phi) is 7.94. The van der Waals surface area contributed by atoms with E-state index in [1.807, 2.05) is 24.3 Å². The van der Waals surface area contributed by atoms with Gasteiger partial charge in [-0.05, 0) is 41.0 Å². The van der Waals surface area contributed by atoms with Crippen LogP contribution in [0, 0.1) is 11.3 Å². The second-order valence-electron chi connectivity index (χ2n) is 8.11. The molecule has 0 atom stereocenters. The van der Waals surface area contributed by atoms with Gasteiger partial charge >= 0.3 is 0 Å². The number of carbonyl (C=O) groups is 1. The first-order valence-corrected chi connectivity index (χ1v) is 11.5. The van der Waals surface area contributed by atoms with Gasteiger partial charge in [-0.1, -0.05) is 78.9 Å². The van der Waals surface area contributed by atoms with Crippen LogP contribution >= 0.6 is 0 Å². The summed E-state index contributed by atoms with van der Waals surface area (Å²) in [4.78, 5) is 13.2. The molecule has 37 heavy (non-hydrogen) atoms. The van der Waals surface area contributed by atoms with Crippen LogP contribution in [-0.4, -0.2) is 24.3 Å². The highest BCUT2D eigenvalue weighted by molar-refractivity contribution is 5.91. The second kappa shape index (κ2) is 11.7. The summed E-state index contributed by atoms with van der Waals surface area (Å²) < 4.78 is 11.3. The van der Waals surface area contributed by atoms with Crippen molar-refractivity contribution in [3.8, 4) is 17.6 Å².